The second kappa shape index (κ2) is 6.69. The van der Waals surface area contributed by atoms with Crippen LogP contribution >= 0.6 is 22.9 Å². The van der Waals surface area contributed by atoms with E-state index in [9.17, 15) is 14.0 Å². The van der Waals surface area contributed by atoms with Crippen molar-refractivity contribution in [1.82, 2.24) is 19.4 Å². The first-order valence-corrected chi connectivity index (χ1v) is 9.71. The maximum atomic E-state index is 14.0. The highest BCUT2D eigenvalue weighted by atomic mass is 35.5. The van der Waals surface area contributed by atoms with Gasteiger partial charge in [-0.2, -0.15) is 0 Å². The summed E-state index contributed by atoms with van der Waals surface area (Å²) >= 11 is 7.16. The molecule has 0 saturated carbocycles. The fourth-order valence-corrected chi connectivity index (χ4v) is 4.21. The number of carbonyl (C=O) groups is 1. The maximum Gasteiger partial charge on any atom is 0.260 e. The number of aromatic nitrogens is 3. The number of thiophene rings is 1. The molecule has 1 aliphatic rings. The number of pyridine rings is 1. The summed E-state index contributed by atoms with van der Waals surface area (Å²) in [5, 5.41) is 2.50. The molecule has 0 N–H and O–H groups in total. The van der Waals surface area contributed by atoms with Gasteiger partial charge >= 0.3 is 0 Å². The second-order valence-corrected chi connectivity index (χ2v) is 7.88. The SMILES string of the molecule is CCC1(F)CN(C(=O)Cn2ccc3scc(-c4cnc(Cl)nc4)c3c2=O)C1. The molecule has 4 rings (SSSR count). The fourth-order valence-electron chi connectivity index (χ4n) is 3.16. The van der Waals surface area contributed by atoms with Crippen LogP contribution in [0.4, 0.5) is 4.39 Å². The normalized spacial score (nSPS) is 15.7. The predicted molar refractivity (Wildman–Crippen MR) is 103 cm³/mol. The molecule has 0 radical (unpaired) electrons. The number of hydrogen-bond acceptors (Lipinski definition) is 5. The summed E-state index contributed by atoms with van der Waals surface area (Å²) in [7, 11) is 0. The first-order valence-electron chi connectivity index (χ1n) is 8.45. The van der Waals surface area contributed by atoms with Crippen LogP contribution in [-0.2, 0) is 11.3 Å². The number of fused-ring (bicyclic) bond motifs is 1. The lowest BCUT2D eigenvalue weighted by Crippen LogP contribution is -2.61. The molecule has 3 aromatic rings. The van der Waals surface area contributed by atoms with Gasteiger partial charge in [-0.05, 0) is 24.1 Å². The minimum absolute atomic E-state index is 0.0884. The molecular weight excluding hydrogens is 391 g/mol. The first kappa shape index (κ1) is 18.1. The maximum absolute atomic E-state index is 14.0. The molecule has 0 unspecified atom stereocenters. The van der Waals surface area contributed by atoms with Crippen LogP contribution in [0.2, 0.25) is 5.28 Å². The zero-order valence-electron chi connectivity index (χ0n) is 14.5. The van der Waals surface area contributed by atoms with Gasteiger partial charge in [0, 0.05) is 39.8 Å². The average molecular weight is 407 g/mol. The van der Waals surface area contributed by atoms with Crippen molar-refractivity contribution in [1.29, 1.82) is 0 Å². The summed E-state index contributed by atoms with van der Waals surface area (Å²) in [6.45, 7) is 1.83. The second-order valence-electron chi connectivity index (χ2n) is 6.63. The van der Waals surface area contributed by atoms with Crippen molar-refractivity contribution < 1.29 is 9.18 Å². The number of hydrogen-bond donors (Lipinski definition) is 0. The topological polar surface area (TPSA) is 68.1 Å². The third-order valence-electron chi connectivity index (χ3n) is 4.87. The smallest absolute Gasteiger partial charge is 0.260 e. The van der Waals surface area contributed by atoms with Crippen molar-refractivity contribution in [2.45, 2.75) is 25.6 Å². The van der Waals surface area contributed by atoms with Crippen molar-refractivity contribution in [3.8, 4) is 11.1 Å². The van der Waals surface area contributed by atoms with E-state index in [0.29, 0.717) is 22.9 Å². The van der Waals surface area contributed by atoms with Gasteiger partial charge in [0.25, 0.3) is 5.56 Å². The quantitative estimate of drug-likeness (QED) is 0.624. The molecule has 27 heavy (non-hydrogen) atoms. The summed E-state index contributed by atoms with van der Waals surface area (Å²) < 4.78 is 16.2. The Kier molecular flexibility index (Phi) is 4.47. The van der Waals surface area contributed by atoms with Crippen LogP contribution in [0.15, 0.2) is 34.8 Å². The van der Waals surface area contributed by atoms with Crippen molar-refractivity contribution >= 4 is 38.9 Å². The predicted octanol–water partition coefficient (Wildman–Crippen LogP) is 3.13. The average Bonchev–Trinajstić information content (AvgIpc) is 3.06. The Morgan fingerprint density at radius 2 is 2.07 bits per heavy atom. The summed E-state index contributed by atoms with van der Waals surface area (Å²) in [6, 6.07) is 1.80. The molecule has 0 aromatic carbocycles. The highest BCUT2D eigenvalue weighted by Gasteiger charge is 2.44. The van der Waals surface area contributed by atoms with Crippen molar-refractivity contribution in [2.24, 2.45) is 0 Å². The largest absolute Gasteiger partial charge is 0.335 e. The summed E-state index contributed by atoms with van der Waals surface area (Å²) in [5.41, 5.74) is -0.176. The zero-order chi connectivity index (χ0) is 19.2. The summed E-state index contributed by atoms with van der Waals surface area (Å²) in [6.07, 6.45) is 5.10. The van der Waals surface area contributed by atoms with E-state index in [0.717, 1.165) is 4.70 Å². The van der Waals surface area contributed by atoms with Crippen LogP contribution in [0.1, 0.15) is 13.3 Å². The zero-order valence-corrected chi connectivity index (χ0v) is 16.1. The Labute approximate surface area is 163 Å². The summed E-state index contributed by atoms with van der Waals surface area (Å²) in [5.74, 6) is -0.259. The Bertz CT molecular complexity index is 1070. The number of nitrogens with zero attached hydrogens (tertiary/aromatic N) is 4. The molecule has 0 spiro atoms. The third-order valence-corrected chi connectivity index (χ3v) is 6.01. The molecule has 9 heteroatoms. The highest BCUT2D eigenvalue weighted by molar-refractivity contribution is 7.17. The molecule has 3 aromatic heterocycles. The molecule has 1 aliphatic heterocycles. The van der Waals surface area contributed by atoms with Crippen molar-refractivity contribution in [3.05, 3.63) is 45.7 Å². The van der Waals surface area contributed by atoms with Crippen LogP contribution in [0.25, 0.3) is 21.2 Å². The molecule has 0 bridgehead atoms. The molecule has 1 amide bonds. The number of likely N-dealkylation sites (tertiary alicyclic amines) is 1. The highest BCUT2D eigenvalue weighted by Crippen LogP contribution is 2.31. The number of rotatable bonds is 4. The lowest BCUT2D eigenvalue weighted by Gasteiger charge is -2.44. The molecule has 1 fully saturated rings. The Hall–Kier alpha value is -2.32. The van der Waals surface area contributed by atoms with E-state index in [1.54, 1.807) is 31.6 Å². The Morgan fingerprint density at radius 3 is 2.74 bits per heavy atom. The minimum atomic E-state index is -1.29. The van der Waals surface area contributed by atoms with Gasteiger partial charge in [0.15, 0.2) is 0 Å². The molecule has 6 nitrogen and oxygen atoms in total. The molecule has 140 valence electrons. The van der Waals surface area contributed by atoms with Crippen LogP contribution in [0, 0.1) is 0 Å². The van der Waals surface area contributed by atoms with Gasteiger partial charge in [-0.3, -0.25) is 9.59 Å². The fraction of sp³-hybridized carbons (Fsp3) is 0.333. The van der Waals surface area contributed by atoms with Crippen LogP contribution in [-0.4, -0.2) is 44.1 Å². The Morgan fingerprint density at radius 1 is 1.37 bits per heavy atom. The number of carbonyl (C=O) groups excluding carboxylic acids is 1. The van der Waals surface area contributed by atoms with E-state index >= 15 is 0 Å². The van der Waals surface area contributed by atoms with Gasteiger partial charge in [0.2, 0.25) is 11.2 Å². The van der Waals surface area contributed by atoms with E-state index in [-0.39, 0.29) is 36.4 Å². The van der Waals surface area contributed by atoms with Gasteiger partial charge in [0.1, 0.15) is 12.2 Å². The third kappa shape index (κ3) is 3.23. The van der Waals surface area contributed by atoms with Crippen molar-refractivity contribution in [2.75, 3.05) is 13.1 Å². The van der Waals surface area contributed by atoms with Gasteiger partial charge < -0.3 is 9.47 Å². The molecule has 1 saturated heterocycles. The van der Waals surface area contributed by atoms with E-state index < -0.39 is 5.67 Å². The number of halogens is 2. The van der Waals surface area contributed by atoms with Gasteiger partial charge in [-0.25, -0.2) is 14.4 Å². The minimum Gasteiger partial charge on any atom is -0.335 e. The lowest BCUT2D eigenvalue weighted by atomic mass is 9.93. The van der Waals surface area contributed by atoms with Gasteiger partial charge in [0.05, 0.1) is 18.5 Å². The molecule has 4 heterocycles. The van der Waals surface area contributed by atoms with E-state index in [1.807, 2.05) is 5.38 Å². The van der Waals surface area contributed by atoms with Crippen LogP contribution < -0.4 is 5.56 Å². The first-order chi connectivity index (χ1) is 12.9. The molecule has 0 atom stereocenters. The number of alkyl halides is 1. The number of amides is 1. The monoisotopic (exact) mass is 406 g/mol. The standard InChI is InChI=1S/C18H16ClFN4O2S/c1-2-18(20)9-24(10-18)14(25)7-23-4-3-13-15(16(23)26)12(8-27-13)11-5-21-17(19)22-6-11/h3-6,8H,2,7,9-10H2,1H3. The Balaban J connectivity index is 1.64. The van der Waals surface area contributed by atoms with E-state index in [2.05, 4.69) is 9.97 Å². The van der Waals surface area contributed by atoms with Gasteiger partial charge in [-0.1, -0.05) is 6.92 Å². The van der Waals surface area contributed by atoms with Crippen molar-refractivity contribution in [3.63, 3.8) is 0 Å². The van der Waals surface area contributed by atoms with Gasteiger partial charge in [-0.15, -0.1) is 11.3 Å². The molecule has 0 aliphatic carbocycles. The van der Waals surface area contributed by atoms with E-state index in [4.69, 9.17) is 11.6 Å². The van der Waals surface area contributed by atoms with Crippen LogP contribution in [0.5, 0.6) is 0 Å². The van der Waals surface area contributed by atoms with E-state index in [1.165, 1.54) is 20.8 Å². The molecular formula is C18H16ClFN4O2S. The lowest BCUT2D eigenvalue weighted by molar-refractivity contribution is -0.146. The van der Waals surface area contributed by atoms with Crippen LogP contribution in [0.3, 0.4) is 0 Å². The summed E-state index contributed by atoms with van der Waals surface area (Å²) in [4.78, 5) is 34.7.